The smallest absolute Gasteiger partial charge is 0.414 e. The van der Waals surface area contributed by atoms with E-state index in [0.29, 0.717) is 41.4 Å². The van der Waals surface area contributed by atoms with Crippen LogP contribution in [0.25, 0.3) is 10.9 Å². The summed E-state index contributed by atoms with van der Waals surface area (Å²) in [5.41, 5.74) is 2.27. The summed E-state index contributed by atoms with van der Waals surface area (Å²) in [6, 6.07) is 12.8. The molecule has 1 fully saturated rings. The number of nitrogens with zero attached hydrogens (tertiary/aromatic N) is 2. The van der Waals surface area contributed by atoms with E-state index in [-0.39, 0.29) is 17.7 Å². The van der Waals surface area contributed by atoms with Crippen molar-refractivity contribution in [3.05, 3.63) is 69.2 Å². The minimum atomic E-state index is -0.304. The number of carbonyl (C=O) groups is 1. The Kier molecular flexibility index (Phi) is 5.51. The predicted molar refractivity (Wildman–Crippen MR) is 112 cm³/mol. The Balaban J connectivity index is 1.44. The number of ether oxygens (including phenoxy) is 1. The molecule has 29 heavy (non-hydrogen) atoms. The van der Waals surface area contributed by atoms with Crippen molar-refractivity contribution < 1.29 is 9.53 Å². The number of rotatable bonds is 5. The maximum atomic E-state index is 12.2. The first-order valence-electron chi connectivity index (χ1n) is 9.47. The summed E-state index contributed by atoms with van der Waals surface area (Å²) in [5.74, 6) is 0.546. The SMILES string of the molecule is CC(NCc1nc2cc(Cl)ccc2c(=O)[nH]1)c1ccc(N2CCCOC2=O)cc1. The van der Waals surface area contributed by atoms with Crippen molar-refractivity contribution in [2.45, 2.75) is 25.9 Å². The van der Waals surface area contributed by atoms with Gasteiger partial charge in [0.1, 0.15) is 5.82 Å². The molecule has 7 nitrogen and oxygen atoms in total. The highest BCUT2D eigenvalue weighted by Gasteiger charge is 2.21. The van der Waals surface area contributed by atoms with Gasteiger partial charge in [-0.05, 0) is 49.2 Å². The molecule has 1 atom stereocenters. The molecule has 1 aromatic heterocycles. The minimum Gasteiger partial charge on any atom is -0.449 e. The number of hydrogen-bond acceptors (Lipinski definition) is 5. The van der Waals surface area contributed by atoms with E-state index in [1.165, 1.54) is 0 Å². The quantitative estimate of drug-likeness (QED) is 0.666. The van der Waals surface area contributed by atoms with E-state index in [1.54, 1.807) is 23.1 Å². The Hall–Kier alpha value is -2.90. The van der Waals surface area contributed by atoms with Crippen LogP contribution in [0.5, 0.6) is 0 Å². The fraction of sp³-hybridized carbons (Fsp3) is 0.286. The number of aromatic amines is 1. The van der Waals surface area contributed by atoms with Gasteiger partial charge in [0.05, 0.1) is 24.1 Å². The van der Waals surface area contributed by atoms with Gasteiger partial charge >= 0.3 is 6.09 Å². The van der Waals surface area contributed by atoms with Gasteiger partial charge in [0, 0.05) is 23.3 Å². The topological polar surface area (TPSA) is 87.3 Å². The third kappa shape index (κ3) is 4.26. The number of cyclic esters (lactones) is 1. The molecule has 1 unspecified atom stereocenters. The number of hydrogen-bond donors (Lipinski definition) is 2. The number of amides is 1. The lowest BCUT2D eigenvalue weighted by molar-refractivity contribution is 0.140. The molecule has 2 N–H and O–H groups in total. The third-order valence-corrected chi connectivity index (χ3v) is 5.21. The number of carbonyl (C=O) groups excluding carboxylic acids is 1. The molecule has 0 radical (unpaired) electrons. The van der Waals surface area contributed by atoms with Crippen molar-refractivity contribution in [2.24, 2.45) is 0 Å². The average molecular weight is 413 g/mol. The summed E-state index contributed by atoms with van der Waals surface area (Å²) in [7, 11) is 0. The van der Waals surface area contributed by atoms with Gasteiger partial charge in [0.25, 0.3) is 5.56 Å². The van der Waals surface area contributed by atoms with E-state index >= 15 is 0 Å². The predicted octanol–water partition coefficient (Wildman–Crippen LogP) is 3.77. The molecule has 3 aromatic rings. The van der Waals surface area contributed by atoms with Gasteiger partial charge in [-0.1, -0.05) is 23.7 Å². The highest BCUT2D eigenvalue weighted by Crippen LogP contribution is 2.22. The summed E-state index contributed by atoms with van der Waals surface area (Å²) < 4.78 is 5.09. The lowest BCUT2D eigenvalue weighted by Gasteiger charge is -2.26. The van der Waals surface area contributed by atoms with Crippen molar-refractivity contribution >= 4 is 34.3 Å². The van der Waals surface area contributed by atoms with E-state index in [0.717, 1.165) is 17.7 Å². The molecule has 0 bridgehead atoms. The second kappa shape index (κ2) is 8.23. The number of H-pyrrole nitrogens is 1. The fourth-order valence-electron chi connectivity index (χ4n) is 3.34. The second-order valence-electron chi connectivity index (χ2n) is 6.99. The van der Waals surface area contributed by atoms with Gasteiger partial charge in [-0.25, -0.2) is 9.78 Å². The number of benzene rings is 2. The molecule has 4 rings (SSSR count). The molecule has 1 amide bonds. The molecule has 150 valence electrons. The third-order valence-electron chi connectivity index (χ3n) is 4.97. The number of nitrogens with one attached hydrogen (secondary N) is 2. The van der Waals surface area contributed by atoms with Gasteiger partial charge in [-0.15, -0.1) is 0 Å². The van der Waals surface area contributed by atoms with Crippen LogP contribution in [0.2, 0.25) is 5.02 Å². The molecular weight excluding hydrogens is 392 g/mol. The number of fused-ring (bicyclic) bond motifs is 1. The van der Waals surface area contributed by atoms with Crippen molar-refractivity contribution in [1.82, 2.24) is 15.3 Å². The molecule has 2 aromatic carbocycles. The molecular formula is C21H21ClN4O3. The zero-order valence-corrected chi connectivity index (χ0v) is 16.7. The summed E-state index contributed by atoms with van der Waals surface area (Å²) in [6.07, 6.45) is 0.523. The first-order chi connectivity index (χ1) is 14.0. The maximum absolute atomic E-state index is 12.2. The van der Waals surface area contributed by atoms with Crippen LogP contribution in [0.1, 0.15) is 30.8 Å². The summed E-state index contributed by atoms with van der Waals surface area (Å²) >= 11 is 6.01. The molecule has 0 saturated carbocycles. The molecule has 8 heteroatoms. The van der Waals surface area contributed by atoms with Crippen LogP contribution < -0.4 is 15.8 Å². The van der Waals surface area contributed by atoms with Crippen molar-refractivity contribution in [3.8, 4) is 0 Å². The van der Waals surface area contributed by atoms with Crippen LogP contribution in [0.15, 0.2) is 47.3 Å². The molecule has 1 saturated heterocycles. The van der Waals surface area contributed by atoms with Gasteiger partial charge in [-0.2, -0.15) is 0 Å². The zero-order valence-electron chi connectivity index (χ0n) is 15.9. The first-order valence-corrected chi connectivity index (χ1v) is 9.85. The summed E-state index contributed by atoms with van der Waals surface area (Å²) in [6.45, 7) is 3.57. The Bertz CT molecular complexity index is 1100. The van der Waals surface area contributed by atoms with Crippen LogP contribution in [-0.2, 0) is 11.3 Å². The molecule has 0 aliphatic carbocycles. The summed E-state index contributed by atoms with van der Waals surface area (Å²) in [4.78, 5) is 33.0. The highest BCUT2D eigenvalue weighted by atomic mass is 35.5. The van der Waals surface area contributed by atoms with E-state index in [2.05, 4.69) is 15.3 Å². The Morgan fingerprint density at radius 2 is 2.03 bits per heavy atom. The van der Waals surface area contributed by atoms with Gasteiger partial charge < -0.3 is 15.0 Å². The standard InChI is InChI=1S/C21H21ClN4O3/c1-13(14-3-6-16(7-4-14)26-9-2-10-29-21(26)28)23-12-19-24-18-11-15(22)5-8-17(18)20(27)25-19/h3-8,11,13,23H,2,9-10,12H2,1H3,(H,24,25,27). The molecule has 1 aliphatic rings. The van der Waals surface area contributed by atoms with Crippen LogP contribution in [0, 0.1) is 0 Å². The van der Waals surface area contributed by atoms with Crippen molar-refractivity contribution in [3.63, 3.8) is 0 Å². The Labute approximate surface area is 172 Å². The highest BCUT2D eigenvalue weighted by molar-refractivity contribution is 6.31. The van der Waals surface area contributed by atoms with Crippen molar-refractivity contribution in [1.29, 1.82) is 0 Å². The van der Waals surface area contributed by atoms with Gasteiger partial charge in [-0.3, -0.25) is 9.69 Å². The number of anilines is 1. The maximum Gasteiger partial charge on any atom is 0.414 e. The van der Waals surface area contributed by atoms with Crippen LogP contribution in [-0.4, -0.2) is 29.2 Å². The number of halogens is 1. The number of aromatic nitrogens is 2. The largest absolute Gasteiger partial charge is 0.449 e. The van der Waals surface area contributed by atoms with Crippen LogP contribution in [0.4, 0.5) is 10.5 Å². The van der Waals surface area contributed by atoms with E-state index in [1.807, 2.05) is 31.2 Å². The van der Waals surface area contributed by atoms with Gasteiger partial charge in [0.2, 0.25) is 0 Å². The van der Waals surface area contributed by atoms with E-state index < -0.39 is 0 Å². The average Bonchev–Trinajstić information content (AvgIpc) is 2.72. The lowest BCUT2D eigenvalue weighted by Crippen LogP contribution is -2.37. The van der Waals surface area contributed by atoms with Crippen LogP contribution in [0.3, 0.4) is 0 Å². The monoisotopic (exact) mass is 412 g/mol. The first kappa shape index (κ1) is 19.4. The summed E-state index contributed by atoms with van der Waals surface area (Å²) in [5, 5.41) is 4.41. The molecule has 1 aliphatic heterocycles. The zero-order chi connectivity index (χ0) is 20.4. The fourth-order valence-corrected chi connectivity index (χ4v) is 3.51. The van der Waals surface area contributed by atoms with E-state index in [4.69, 9.17) is 16.3 Å². The van der Waals surface area contributed by atoms with Crippen LogP contribution >= 0.6 is 11.6 Å². The normalized spacial score (nSPS) is 15.4. The Morgan fingerprint density at radius 1 is 1.24 bits per heavy atom. The minimum absolute atomic E-state index is 0.0257. The lowest BCUT2D eigenvalue weighted by atomic mass is 10.1. The van der Waals surface area contributed by atoms with E-state index in [9.17, 15) is 9.59 Å². The molecule has 0 spiro atoms. The Morgan fingerprint density at radius 3 is 2.79 bits per heavy atom. The van der Waals surface area contributed by atoms with Crippen molar-refractivity contribution in [2.75, 3.05) is 18.1 Å². The van der Waals surface area contributed by atoms with Gasteiger partial charge in [0.15, 0.2) is 0 Å². The second-order valence-corrected chi connectivity index (χ2v) is 7.42. The molecule has 2 heterocycles.